The molecule has 0 bridgehead atoms. The topological polar surface area (TPSA) is 70.8 Å². The van der Waals surface area contributed by atoms with Crippen LogP contribution in [-0.4, -0.2) is 32.4 Å². The number of hydrogen-bond acceptors (Lipinski definition) is 5. The Labute approximate surface area is 111 Å². The lowest BCUT2D eigenvalue weighted by molar-refractivity contribution is 0.0542. The predicted octanol–water partition coefficient (Wildman–Crippen LogP) is 2.00. The van der Waals surface area contributed by atoms with E-state index < -0.39 is 11.8 Å². The van der Waals surface area contributed by atoms with Crippen LogP contribution in [0, 0.1) is 5.82 Å². The second-order valence-corrected chi connectivity index (χ2v) is 4.13. The summed E-state index contributed by atoms with van der Waals surface area (Å²) in [5.74, 6) is -1.32. The molecule has 19 heavy (non-hydrogen) atoms. The molecule has 0 saturated carbocycles. The third-order valence-electron chi connectivity index (χ3n) is 2.30. The van der Waals surface area contributed by atoms with E-state index in [1.807, 2.05) is 13.8 Å². The minimum atomic E-state index is -0.638. The first-order chi connectivity index (χ1) is 8.95. The summed E-state index contributed by atoms with van der Waals surface area (Å²) in [6.45, 7) is 4.28. The molecular formula is C13H18FNO4. The van der Waals surface area contributed by atoms with Crippen LogP contribution in [0.25, 0.3) is 0 Å². The quantitative estimate of drug-likeness (QED) is 0.487. The van der Waals surface area contributed by atoms with Crippen molar-refractivity contribution in [1.29, 1.82) is 0 Å². The number of nitrogen functional groups attached to an aromatic ring is 1. The van der Waals surface area contributed by atoms with Gasteiger partial charge in [0.05, 0.1) is 25.4 Å². The normalized spacial score (nSPS) is 10.6. The van der Waals surface area contributed by atoms with Gasteiger partial charge in [0.25, 0.3) is 0 Å². The number of ether oxygens (including phenoxy) is 3. The van der Waals surface area contributed by atoms with E-state index in [4.69, 9.17) is 15.2 Å². The van der Waals surface area contributed by atoms with Crippen molar-refractivity contribution >= 4 is 11.7 Å². The number of rotatable bonds is 6. The lowest BCUT2D eigenvalue weighted by Gasteiger charge is -2.12. The standard InChI is InChI=1S/C13H18FNO4/c1-8(2)18-4-5-19-12-6-9(13(16)17-3)11(15)7-10(12)14/h6-8H,4-5,15H2,1-3H3. The number of esters is 1. The van der Waals surface area contributed by atoms with Crippen LogP contribution < -0.4 is 10.5 Å². The minimum Gasteiger partial charge on any atom is -0.488 e. The number of benzene rings is 1. The van der Waals surface area contributed by atoms with E-state index >= 15 is 0 Å². The van der Waals surface area contributed by atoms with Crippen molar-refractivity contribution in [3.05, 3.63) is 23.5 Å². The molecule has 0 radical (unpaired) electrons. The zero-order chi connectivity index (χ0) is 14.4. The van der Waals surface area contributed by atoms with Crippen molar-refractivity contribution in [1.82, 2.24) is 0 Å². The molecule has 5 nitrogen and oxygen atoms in total. The number of hydrogen-bond donors (Lipinski definition) is 1. The van der Waals surface area contributed by atoms with Crippen LogP contribution in [0.5, 0.6) is 5.75 Å². The van der Waals surface area contributed by atoms with Crippen molar-refractivity contribution in [2.45, 2.75) is 20.0 Å². The van der Waals surface area contributed by atoms with Crippen LogP contribution in [0.1, 0.15) is 24.2 Å². The highest BCUT2D eigenvalue weighted by molar-refractivity contribution is 5.95. The first-order valence-corrected chi connectivity index (χ1v) is 5.87. The van der Waals surface area contributed by atoms with Gasteiger partial charge in [0.1, 0.15) is 6.61 Å². The highest BCUT2D eigenvalue weighted by Gasteiger charge is 2.15. The number of carbonyl (C=O) groups is 1. The fraction of sp³-hybridized carbons (Fsp3) is 0.462. The molecule has 106 valence electrons. The fourth-order valence-corrected chi connectivity index (χ4v) is 1.40. The zero-order valence-corrected chi connectivity index (χ0v) is 11.2. The Morgan fingerprint density at radius 2 is 2.05 bits per heavy atom. The van der Waals surface area contributed by atoms with Crippen LogP contribution in [0.2, 0.25) is 0 Å². The summed E-state index contributed by atoms with van der Waals surface area (Å²) < 4.78 is 28.6. The largest absolute Gasteiger partial charge is 0.488 e. The predicted molar refractivity (Wildman–Crippen MR) is 68.7 cm³/mol. The fourth-order valence-electron chi connectivity index (χ4n) is 1.40. The maximum Gasteiger partial charge on any atom is 0.340 e. The molecule has 6 heteroatoms. The van der Waals surface area contributed by atoms with Gasteiger partial charge in [-0.1, -0.05) is 0 Å². The molecule has 0 spiro atoms. The number of anilines is 1. The zero-order valence-electron chi connectivity index (χ0n) is 11.2. The Hall–Kier alpha value is -1.82. The van der Waals surface area contributed by atoms with Gasteiger partial charge in [-0.2, -0.15) is 0 Å². The molecule has 1 rings (SSSR count). The van der Waals surface area contributed by atoms with E-state index in [-0.39, 0.29) is 29.7 Å². The summed E-state index contributed by atoms with van der Waals surface area (Å²) in [5.41, 5.74) is 5.62. The average Bonchev–Trinajstić information content (AvgIpc) is 2.35. The SMILES string of the molecule is COC(=O)c1cc(OCCOC(C)C)c(F)cc1N. The summed E-state index contributed by atoms with van der Waals surface area (Å²) in [6, 6.07) is 2.26. The molecule has 0 heterocycles. The van der Waals surface area contributed by atoms with Gasteiger partial charge >= 0.3 is 5.97 Å². The second-order valence-electron chi connectivity index (χ2n) is 4.13. The molecule has 0 aliphatic rings. The number of carbonyl (C=O) groups excluding carboxylic acids is 1. The van der Waals surface area contributed by atoms with Gasteiger partial charge in [-0.3, -0.25) is 0 Å². The Bertz CT molecular complexity index is 449. The van der Waals surface area contributed by atoms with Gasteiger partial charge < -0.3 is 19.9 Å². The van der Waals surface area contributed by atoms with Gasteiger partial charge in [-0.05, 0) is 19.9 Å². The highest BCUT2D eigenvalue weighted by atomic mass is 19.1. The van der Waals surface area contributed by atoms with Crippen LogP contribution in [0.3, 0.4) is 0 Å². The first kappa shape index (κ1) is 15.2. The van der Waals surface area contributed by atoms with Crippen molar-refractivity contribution in [2.75, 3.05) is 26.1 Å². The van der Waals surface area contributed by atoms with E-state index in [1.165, 1.54) is 13.2 Å². The van der Waals surface area contributed by atoms with Gasteiger partial charge in [0.2, 0.25) is 0 Å². The Morgan fingerprint density at radius 3 is 2.63 bits per heavy atom. The molecule has 0 aliphatic heterocycles. The van der Waals surface area contributed by atoms with Crippen molar-refractivity contribution < 1.29 is 23.4 Å². The van der Waals surface area contributed by atoms with E-state index in [2.05, 4.69) is 4.74 Å². The van der Waals surface area contributed by atoms with Crippen LogP contribution in [0.4, 0.5) is 10.1 Å². The minimum absolute atomic E-state index is 0.00938. The maximum absolute atomic E-state index is 13.6. The van der Waals surface area contributed by atoms with Gasteiger partial charge in [-0.15, -0.1) is 0 Å². The van der Waals surface area contributed by atoms with Crippen LogP contribution in [0.15, 0.2) is 12.1 Å². The molecule has 0 amide bonds. The molecule has 0 aromatic heterocycles. The Balaban J connectivity index is 2.75. The third-order valence-corrected chi connectivity index (χ3v) is 2.30. The summed E-state index contributed by atoms with van der Waals surface area (Å²) in [4.78, 5) is 11.4. The Morgan fingerprint density at radius 1 is 1.37 bits per heavy atom. The molecule has 1 aromatic rings. The number of halogens is 1. The van der Waals surface area contributed by atoms with Gasteiger partial charge in [0, 0.05) is 11.8 Å². The van der Waals surface area contributed by atoms with Crippen LogP contribution >= 0.6 is 0 Å². The lowest BCUT2D eigenvalue weighted by atomic mass is 10.1. The van der Waals surface area contributed by atoms with Crippen molar-refractivity contribution in [3.8, 4) is 5.75 Å². The monoisotopic (exact) mass is 271 g/mol. The smallest absolute Gasteiger partial charge is 0.340 e. The highest BCUT2D eigenvalue weighted by Crippen LogP contribution is 2.24. The van der Waals surface area contributed by atoms with E-state index in [0.29, 0.717) is 6.61 Å². The summed E-state index contributed by atoms with van der Waals surface area (Å²) in [6.07, 6.45) is 0.0745. The molecule has 0 fully saturated rings. The van der Waals surface area contributed by atoms with Crippen molar-refractivity contribution in [2.24, 2.45) is 0 Å². The maximum atomic E-state index is 13.6. The molecule has 2 N–H and O–H groups in total. The average molecular weight is 271 g/mol. The lowest BCUT2D eigenvalue weighted by Crippen LogP contribution is -2.13. The van der Waals surface area contributed by atoms with E-state index in [1.54, 1.807) is 0 Å². The number of nitrogens with two attached hydrogens (primary N) is 1. The molecular weight excluding hydrogens is 253 g/mol. The molecule has 0 aliphatic carbocycles. The molecule has 0 atom stereocenters. The molecule has 0 saturated heterocycles. The van der Waals surface area contributed by atoms with E-state index in [9.17, 15) is 9.18 Å². The van der Waals surface area contributed by atoms with Crippen molar-refractivity contribution in [3.63, 3.8) is 0 Å². The molecule has 0 unspecified atom stereocenters. The summed E-state index contributed by atoms with van der Waals surface area (Å²) in [7, 11) is 1.22. The third kappa shape index (κ3) is 4.40. The van der Waals surface area contributed by atoms with Gasteiger partial charge in [-0.25, -0.2) is 9.18 Å². The van der Waals surface area contributed by atoms with Gasteiger partial charge in [0.15, 0.2) is 11.6 Å². The summed E-state index contributed by atoms with van der Waals surface area (Å²) in [5, 5.41) is 0. The van der Waals surface area contributed by atoms with Crippen LogP contribution in [-0.2, 0) is 9.47 Å². The first-order valence-electron chi connectivity index (χ1n) is 5.87. The molecule has 1 aromatic carbocycles. The summed E-state index contributed by atoms with van der Waals surface area (Å²) >= 11 is 0. The number of methoxy groups -OCH3 is 1. The second kappa shape index (κ2) is 6.94. The van der Waals surface area contributed by atoms with E-state index in [0.717, 1.165) is 6.07 Å². The Kier molecular flexibility index (Phi) is 5.57.